The van der Waals surface area contributed by atoms with E-state index in [1.165, 1.54) is 21.3 Å². The summed E-state index contributed by atoms with van der Waals surface area (Å²) in [7, 11) is 4.46. The largest absolute Gasteiger partial charge is 0.494 e. The minimum absolute atomic E-state index is 0.0457. The molecule has 0 unspecified atom stereocenters. The quantitative estimate of drug-likeness (QED) is 0.344. The molecular weight excluding hydrogens is 457 g/mol. The first kappa shape index (κ1) is 23.2. The monoisotopic (exact) mass is 477 g/mol. The molecule has 0 saturated heterocycles. The molecule has 1 aromatic carbocycles. The second kappa shape index (κ2) is 10.3. The van der Waals surface area contributed by atoms with Gasteiger partial charge in [0, 0.05) is 19.2 Å². The summed E-state index contributed by atoms with van der Waals surface area (Å²) in [4.78, 5) is 20.5. The van der Waals surface area contributed by atoms with Crippen LogP contribution >= 0.6 is 0 Å². The molecule has 0 bridgehead atoms. The summed E-state index contributed by atoms with van der Waals surface area (Å²) in [5.74, 6) is 0.704. The number of aromatic nitrogens is 6. The van der Waals surface area contributed by atoms with Gasteiger partial charge in [0.25, 0.3) is 5.91 Å². The van der Waals surface area contributed by atoms with Crippen LogP contribution in [0.1, 0.15) is 10.5 Å². The second-order valence-electron chi connectivity index (χ2n) is 6.89. The Hall–Kier alpha value is -4.94. The molecule has 0 aliphatic rings. The Kier molecular flexibility index (Phi) is 6.86. The SMILES string of the molecule is CNC(=O)c1nnc(Nc2ccc(OC)nn2)cc1Nc1cccc(-c2ncc(F)cn2)c1OC. The lowest BCUT2D eigenvalue weighted by molar-refractivity contribution is 0.0958. The van der Waals surface area contributed by atoms with Crippen molar-refractivity contribution < 1.29 is 18.7 Å². The lowest BCUT2D eigenvalue weighted by atomic mass is 10.1. The first-order valence-electron chi connectivity index (χ1n) is 10.2. The van der Waals surface area contributed by atoms with Crippen LogP contribution in [-0.2, 0) is 0 Å². The predicted octanol–water partition coefficient (Wildman–Crippen LogP) is 2.73. The van der Waals surface area contributed by atoms with E-state index in [0.29, 0.717) is 40.2 Å². The first-order valence-corrected chi connectivity index (χ1v) is 10.2. The van der Waals surface area contributed by atoms with Crippen molar-refractivity contribution in [3.63, 3.8) is 0 Å². The van der Waals surface area contributed by atoms with Gasteiger partial charge in [0.05, 0.1) is 43.6 Å². The van der Waals surface area contributed by atoms with Crippen molar-refractivity contribution in [2.75, 3.05) is 31.9 Å². The molecule has 0 spiro atoms. The maximum Gasteiger partial charge on any atom is 0.273 e. The molecule has 0 saturated carbocycles. The van der Waals surface area contributed by atoms with Crippen LogP contribution in [0, 0.1) is 5.82 Å². The average molecular weight is 477 g/mol. The predicted molar refractivity (Wildman–Crippen MR) is 125 cm³/mol. The van der Waals surface area contributed by atoms with Crippen LogP contribution < -0.4 is 25.4 Å². The number of nitrogens with one attached hydrogen (secondary N) is 3. The maximum atomic E-state index is 13.3. The van der Waals surface area contributed by atoms with Crippen LogP contribution in [0.15, 0.2) is 48.8 Å². The number of carbonyl (C=O) groups is 1. The number of anilines is 4. The molecule has 35 heavy (non-hydrogen) atoms. The van der Waals surface area contributed by atoms with E-state index in [1.807, 2.05) is 0 Å². The Balaban J connectivity index is 1.71. The third-order valence-corrected chi connectivity index (χ3v) is 4.69. The minimum Gasteiger partial charge on any atom is -0.494 e. The highest BCUT2D eigenvalue weighted by atomic mass is 19.1. The number of hydrogen-bond donors (Lipinski definition) is 3. The lowest BCUT2D eigenvalue weighted by Gasteiger charge is -2.16. The fourth-order valence-electron chi connectivity index (χ4n) is 3.09. The molecule has 0 atom stereocenters. The number of rotatable bonds is 8. The number of halogens is 1. The second-order valence-corrected chi connectivity index (χ2v) is 6.89. The molecular formula is C22H20FN9O3. The number of carbonyl (C=O) groups excluding carboxylic acids is 1. The highest BCUT2D eigenvalue weighted by molar-refractivity contribution is 5.99. The van der Waals surface area contributed by atoms with Gasteiger partial charge in [-0.1, -0.05) is 6.07 Å². The fraction of sp³-hybridized carbons (Fsp3) is 0.136. The van der Waals surface area contributed by atoms with Crippen molar-refractivity contribution in [1.29, 1.82) is 0 Å². The molecule has 4 aromatic rings. The van der Waals surface area contributed by atoms with Crippen LogP contribution in [0.5, 0.6) is 11.6 Å². The lowest BCUT2D eigenvalue weighted by Crippen LogP contribution is -2.21. The number of ether oxygens (including phenoxy) is 2. The smallest absolute Gasteiger partial charge is 0.273 e. The van der Waals surface area contributed by atoms with E-state index in [1.54, 1.807) is 36.4 Å². The zero-order chi connectivity index (χ0) is 24.8. The Labute approximate surface area is 199 Å². The van der Waals surface area contributed by atoms with Gasteiger partial charge in [-0.3, -0.25) is 4.79 Å². The van der Waals surface area contributed by atoms with Gasteiger partial charge in [-0.25, -0.2) is 14.4 Å². The molecule has 3 N–H and O–H groups in total. The normalized spacial score (nSPS) is 10.4. The highest BCUT2D eigenvalue weighted by Gasteiger charge is 2.19. The van der Waals surface area contributed by atoms with Gasteiger partial charge in [0.2, 0.25) is 5.88 Å². The molecule has 4 rings (SSSR count). The summed E-state index contributed by atoms with van der Waals surface area (Å²) in [5.41, 5.74) is 1.39. The van der Waals surface area contributed by atoms with Gasteiger partial charge in [-0.15, -0.1) is 20.4 Å². The average Bonchev–Trinajstić information content (AvgIpc) is 2.89. The van der Waals surface area contributed by atoms with Crippen LogP contribution in [-0.4, -0.2) is 57.5 Å². The van der Waals surface area contributed by atoms with Gasteiger partial charge in [-0.2, -0.15) is 0 Å². The molecule has 3 heterocycles. The van der Waals surface area contributed by atoms with E-state index < -0.39 is 11.7 Å². The summed E-state index contributed by atoms with van der Waals surface area (Å²) < 4.78 is 23.9. The van der Waals surface area contributed by atoms with E-state index in [2.05, 4.69) is 46.3 Å². The maximum absolute atomic E-state index is 13.3. The van der Waals surface area contributed by atoms with Crippen molar-refractivity contribution in [3.8, 4) is 23.0 Å². The molecule has 178 valence electrons. The van der Waals surface area contributed by atoms with Gasteiger partial charge in [0.15, 0.2) is 34.7 Å². The van der Waals surface area contributed by atoms with Gasteiger partial charge >= 0.3 is 0 Å². The third-order valence-electron chi connectivity index (χ3n) is 4.69. The topological polar surface area (TPSA) is 149 Å². The third kappa shape index (κ3) is 5.19. The van der Waals surface area contributed by atoms with Gasteiger partial charge in [-0.05, 0) is 18.2 Å². The standard InChI is InChI=1S/C22H20FN9O3/c1-24-22(33)19-15(9-17(30-32-19)28-16-7-8-18(34-2)31-29-16)27-14-6-4-5-13(20(14)35-3)21-25-10-12(23)11-26-21/h4-11H,1-3H3,(H,24,33)(H2,27,28,29,30). The Morgan fingerprint density at radius 1 is 0.886 bits per heavy atom. The molecule has 0 aliphatic carbocycles. The van der Waals surface area contributed by atoms with E-state index in [9.17, 15) is 9.18 Å². The molecule has 3 aromatic heterocycles. The van der Waals surface area contributed by atoms with Crippen LogP contribution in [0.2, 0.25) is 0 Å². The summed E-state index contributed by atoms with van der Waals surface area (Å²) >= 11 is 0. The van der Waals surface area contributed by atoms with Crippen LogP contribution in [0.25, 0.3) is 11.4 Å². The molecule has 0 aliphatic heterocycles. The van der Waals surface area contributed by atoms with E-state index in [4.69, 9.17) is 9.47 Å². The molecule has 0 fully saturated rings. The number of amides is 1. The summed E-state index contributed by atoms with van der Waals surface area (Å²) in [6.45, 7) is 0. The van der Waals surface area contributed by atoms with Crippen molar-refractivity contribution in [2.45, 2.75) is 0 Å². The van der Waals surface area contributed by atoms with E-state index in [0.717, 1.165) is 12.4 Å². The Morgan fingerprint density at radius 2 is 1.66 bits per heavy atom. The number of methoxy groups -OCH3 is 2. The summed E-state index contributed by atoms with van der Waals surface area (Å²) in [5, 5.41) is 24.7. The first-order chi connectivity index (χ1) is 17.0. The van der Waals surface area contributed by atoms with Crippen molar-refractivity contribution >= 4 is 28.9 Å². The minimum atomic E-state index is -0.554. The molecule has 0 radical (unpaired) electrons. The zero-order valence-corrected chi connectivity index (χ0v) is 18.9. The zero-order valence-electron chi connectivity index (χ0n) is 18.9. The van der Waals surface area contributed by atoms with Crippen molar-refractivity contribution in [3.05, 3.63) is 60.3 Å². The van der Waals surface area contributed by atoms with Crippen LogP contribution in [0.4, 0.5) is 27.4 Å². The Morgan fingerprint density at radius 3 is 2.31 bits per heavy atom. The van der Waals surface area contributed by atoms with E-state index >= 15 is 0 Å². The molecule has 13 heteroatoms. The number of hydrogen-bond acceptors (Lipinski definition) is 11. The molecule has 1 amide bonds. The van der Waals surface area contributed by atoms with Crippen LogP contribution in [0.3, 0.4) is 0 Å². The number of benzene rings is 1. The summed E-state index contributed by atoms with van der Waals surface area (Å²) in [6, 6.07) is 10.1. The van der Waals surface area contributed by atoms with Crippen molar-refractivity contribution in [1.82, 2.24) is 35.7 Å². The van der Waals surface area contributed by atoms with Crippen molar-refractivity contribution in [2.24, 2.45) is 0 Å². The Bertz CT molecular complexity index is 1340. The number of para-hydroxylation sites is 1. The van der Waals surface area contributed by atoms with Gasteiger partial charge < -0.3 is 25.4 Å². The number of nitrogens with zero attached hydrogens (tertiary/aromatic N) is 6. The summed E-state index contributed by atoms with van der Waals surface area (Å²) in [6.07, 6.45) is 2.14. The fourth-order valence-corrected chi connectivity index (χ4v) is 3.09. The molecule has 12 nitrogen and oxygen atoms in total. The van der Waals surface area contributed by atoms with Gasteiger partial charge in [0.1, 0.15) is 0 Å². The highest BCUT2D eigenvalue weighted by Crippen LogP contribution is 2.37. The van der Waals surface area contributed by atoms with E-state index in [-0.39, 0.29) is 11.5 Å².